The third kappa shape index (κ3) is 9.01. The topological polar surface area (TPSA) is 39.4 Å². The van der Waals surface area contributed by atoms with Gasteiger partial charge in [-0.25, -0.2) is 0 Å². The molecule has 3 aromatic carbocycles. The fourth-order valence-electron chi connectivity index (χ4n) is 8.97. The maximum Gasteiger partial charge on any atom is 0.383 e. The molecule has 0 heterocycles. The summed E-state index contributed by atoms with van der Waals surface area (Å²) in [6, 6.07) is 34.6. The van der Waals surface area contributed by atoms with E-state index in [1.54, 1.807) is 0 Å². The third-order valence-corrected chi connectivity index (χ3v) is 19.8. The fraction of sp³-hybridized carbons (Fsp3) is 0.568. The first-order valence-corrected chi connectivity index (χ1v) is 24.2. The van der Waals surface area contributed by atoms with Crippen molar-refractivity contribution in [3.05, 3.63) is 108 Å². The van der Waals surface area contributed by atoms with E-state index in [0.29, 0.717) is 0 Å². The van der Waals surface area contributed by atoms with Crippen molar-refractivity contribution < 1.29 is 4.79 Å². The van der Waals surface area contributed by atoms with Crippen molar-refractivity contribution in [3.8, 4) is 0 Å². The number of nitrogens with zero attached hydrogens (tertiary/aromatic N) is 6. The van der Waals surface area contributed by atoms with Crippen LogP contribution in [-0.4, -0.2) is 77.8 Å². The molecule has 3 rings (SSSR count). The average Bonchev–Trinajstić information content (AvgIpc) is 3.05. The standard InChI is InChI=1S/C44H71N6P2S/c1-33(2)47(34(3)4)51(53,48(35(5)6)36(7)8)32-45-46-52(49(37(9)10)38(11)12,50(39(13)14)40(15)16)44(41-26-20-17-21-27-41,42-28-22-18-23-29-42)43-30-24-19-25-31-43/h17-31,33-40H,1-16H3/q+1. The van der Waals surface area contributed by atoms with Gasteiger partial charge in [0.1, 0.15) is 0 Å². The Balaban J connectivity index is 2.88. The summed E-state index contributed by atoms with van der Waals surface area (Å²) in [5.74, 6) is 3.78. The molecule has 0 bridgehead atoms. The molecule has 0 amide bonds. The highest BCUT2D eigenvalue weighted by atomic mass is 32.4. The smallest absolute Gasteiger partial charge is 0.276 e. The second kappa shape index (κ2) is 19.2. The van der Waals surface area contributed by atoms with Crippen LogP contribution in [0.4, 0.5) is 0 Å². The summed E-state index contributed by atoms with van der Waals surface area (Å²) in [6.07, 6.45) is -2.70. The largest absolute Gasteiger partial charge is 0.383 e. The summed E-state index contributed by atoms with van der Waals surface area (Å²) in [7, 11) is -3.09. The molecule has 0 fully saturated rings. The first-order chi connectivity index (χ1) is 24.8. The van der Waals surface area contributed by atoms with Gasteiger partial charge in [-0.1, -0.05) is 103 Å². The summed E-state index contributed by atoms with van der Waals surface area (Å²) in [5.41, 5.74) is 3.58. The average molecular weight is 778 g/mol. The van der Waals surface area contributed by atoms with E-state index in [1.165, 1.54) is 16.7 Å². The van der Waals surface area contributed by atoms with Crippen LogP contribution in [0.5, 0.6) is 0 Å². The molecule has 0 radical (unpaired) electrons. The van der Waals surface area contributed by atoms with Gasteiger partial charge in [-0.2, -0.15) is 0 Å². The third-order valence-electron chi connectivity index (χ3n) is 9.87. The number of rotatable bonds is 18. The van der Waals surface area contributed by atoms with Crippen LogP contribution < -0.4 is 0 Å². The van der Waals surface area contributed by atoms with Crippen LogP contribution in [0.15, 0.2) is 95.9 Å². The number of benzene rings is 3. The molecule has 9 heteroatoms. The van der Waals surface area contributed by atoms with Crippen molar-refractivity contribution in [3.63, 3.8) is 0 Å². The molecule has 0 saturated carbocycles. The van der Waals surface area contributed by atoms with Gasteiger partial charge < -0.3 is 0 Å². The van der Waals surface area contributed by atoms with Gasteiger partial charge in [-0.15, -0.1) is 14.1 Å². The molecule has 0 N–H and O–H groups in total. The summed E-state index contributed by atoms with van der Waals surface area (Å²) in [5, 5.41) is -0.751. The Kier molecular flexibility index (Phi) is 16.4. The minimum atomic E-state index is -3.09. The summed E-state index contributed by atoms with van der Waals surface area (Å²) in [4.78, 5) is 11.4. The predicted molar refractivity (Wildman–Crippen MR) is 237 cm³/mol. The van der Waals surface area contributed by atoms with Crippen LogP contribution >= 0.6 is 14.1 Å². The van der Waals surface area contributed by atoms with Gasteiger partial charge in [0.25, 0.3) is 0 Å². The zero-order valence-corrected chi connectivity index (χ0v) is 38.4. The minimum Gasteiger partial charge on any atom is -0.276 e. The van der Waals surface area contributed by atoms with E-state index in [-0.39, 0.29) is 48.3 Å². The normalized spacial score (nSPS) is 13.4. The number of hydrogen-bond acceptors (Lipinski definition) is 4. The molecule has 53 heavy (non-hydrogen) atoms. The lowest BCUT2D eigenvalue weighted by Crippen LogP contribution is -2.55. The van der Waals surface area contributed by atoms with Crippen LogP contribution in [0.25, 0.3) is 0 Å². The van der Waals surface area contributed by atoms with Gasteiger partial charge in [-0.05, 0) is 111 Å². The summed E-state index contributed by atoms with van der Waals surface area (Å²) >= 11 is 6.93. The Morgan fingerprint density at radius 2 is 0.755 bits per heavy atom. The lowest BCUT2D eigenvalue weighted by atomic mass is 9.84. The van der Waals surface area contributed by atoms with E-state index in [2.05, 4.69) is 226 Å². The highest BCUT2D eigenvalue weighted by Gasteiger charge is 2.76. The fourth-order valence-corrected chi connectivity index (χ4v) is 20.0. The molecule has 0 spiro atoms. The van der Waals surface area contributed by atoms with Crippen LogP contribution in [0.3, 0.4) is 0 Å². The molecule has 6 nitrogen and oxygen atoms in total. The Hall–Kier alpha value is -2.04. The van der Waals surface area contributed by atoms with Crippen molar-refractivity contribution in [2.75, 3.05) is 0 Å². The van der Waals surface area contributed by atoms with Gasteiger partial charge >= 0.3 is 7.71 Å². The summed E-state index contributed by atoms with van der Waals surface area (Å²) < 4.78 is 10.4. The van der Waals surface area contributed by atoms with Gasteiger partial charge in [0.2, 0.25) is 10.0 Å². The minimum absolute atomic E-state index is 0.131. The Labute approximate surface area is 330 Å². The predicted octanol–water partition coefficient (Wildman–Crippen LogP) is 12.1. The quantitative estimate of drug-likeness (QED) is 0.0321. The van der Waals surface area contributed by atoms with Gasteiger partial charge in [0.05, 0.1) is 5.96 Å². The molecule has 3 aromatic rings. The van der Waals surface area contributed by atoms with E-state index in [9.17, 15) is 0 Å². The van der Waals surface area contributed by atoms with Crippen molar-refractivity contribution in [1.29, 1.82) is 0 Å². The van der Waals surface area contributed by atoms with Crippen LogP contribution in [0, 0.1) is 0 Å². The van der Waals surface area contributed by atoms with E-state index >= 15 is 0 Å². The van der Waals surface area contributed by atoms with Crippen LogP contribution in [-0.2, 0) is 17.0 Å². The molecule has 0 atom stereocenters. The molecular weight excluding hydrogens is 707 g/mol. The lowest BCUT2D eigenvalue weighted by Gasteiger charge is -2.52. The monoisotopic (exact) mass is 777 g/mol. The van der Waals surface area contributed by atoms with Gasteiger partial charge in [0, 0.05) is 71.4 Å². The molecule has 292 valence electrons. The van der Waals surface area contributed by atoms with Gasteiger partial charge in [-0.3, -0.25) is 9.34 Å². The van der Waals surface area contributed by atoms with E-state index in [1.807, 2.05) is 0 Å². The van der Waals surface area contributed by atoms with Gasteiger partial charge in [0.15, 0.2) is 0 Å². The molecule has 0 aliphatic rings. The van der Waals surface area contributed by atoms with E-state index < -0.39 is 19.2 Å². The molecule has 0 aromatic heterocycles. The maximum absolute atomic E-state index is 6.93. The Morgan fingerprint density at radius 3 is 0.981 bits per heavy atom. The van der Waals surface area contributed by atoms with E-state index in [4.69, 9.17) is 21.5 Å². The first-order valence-electron chi connectivity index (χ1n) is 19.8. The highest BCUT2D eigenvalue weighted by molar-refractivity contribution is 8.19. The zero-order valence-electron chi connectivity index (χ0n) is 35.8. The SMILES string of the molecule is CC(C)N(C(C)C)P(=S)([C-]=[N+]=N[P+](N(C(C)C)C(C)C)(N(C(C)C)C(C)C)C(c1ccccc1)(c1ccccc1)c1ccccc1)N(C(C)C)C(C)C. The second-order valence-corrected chi connectivity index (χ2v) is 23.1. The highest BCUT2D eigenvalue weighted by Crippen LogP contribution is 2.83. The molecular formula is C44H71N6P2S+. The Bertz CT molecular complexity index is 1480. The zero-order chi connectivity index (χ0) is 39.9. The van der Waals surface area contributed by atoms with Crippen molar-refractivity contribution in [1.82, 2.24) is 18.7 Å². The van der Waals surface area contributed by atoms with Crippen molar-refractivity contribution >= 4 is 31.8 Å². The molecule has 0 aliphatic heterocycles. The second-order valence-electron chi connectivity index (χ2n) is 16.5. The van der Waals surface area contributed by atoms with E-state index in [0.717, 1.165) is 0 Å². The first kappa shape index (κ1) is 45.4. The lowest BCUT2D eigenvalue weighted by molar-refractivity contribution is -0.0642. The maximum atomic E-state index is 6.93. The van der Waals surface area contributed by atoms with Crippen molar-refractivity contribution in [2.45, 2.75) is 164 Å². The van der Waals surface area contributed by atoms with Crippen molar-refractivity contribution in [2.24, 2.45) is 4.88 Å². The Morgan fingerprint density at radius 1 is 0.491 bits per heavy atom. The summed E-state index contributed by atoms with van der Waals surface area (Å²) in [6.45, 7) is 36.6. The molecule has 0 saturated heterocycles. The van der Waals surface area contributed by atoms with Crippen LogP contribution in [0.2, 0.25) is 0 Å². The molecule has 0 unspecified atom stereocenters. The van der Waals surface area contributed by atoms with Crippen LogP contribution in [0.1, 0.15) is 127 Å². The number of hydrogen-bond donors (Lipinski definition) is 0. The molecule has 0 aliphatic carbocycles.